The molecule has 0 saturated carbocycles. The molecule has 1 aliphatic heterocycles. The molecule has 2 heterocycles. The number of hydrogen-bond acceptors (Lipinski definition) is 8. The van der Waals surface area contributed by atoms with E-state index in [4.69, 9.17) is 5.73 Å². The molecule has 2 aliphatic rings. The first kappa shape index (κ1) is 24.2. The summed E-state index contributed by atoms with van der Waals surface area (Å²) in [5, 5.41) is 6.37. The molecule has 0 atom stereocenters. The standard InChI is InChI=1S/C27H29N7O3/c1-17(35)33-10-12-34(13-11-33)22-7-5-20(6-8-22)31-27-29-16-24(25(28)37)26(32-27)30-21-4-2-19-15-23(36)9-3-18(19)14-21/h2,4-8,14,16H,3,9-13,15H2,1H3,(H2,28,37)(H2,29,30,31,32). The quantitative estimate of drug-likeness (QED) is 0.472. The van der Waals surface area contributed by atoms with E-state index in [1.165, 1.54) is 6.20 Å². The molecular formula is C27H29N7O3. The number of amides is 2. The Labute approximate surface area is 214 Å². The highest BCUT2D eigenvalue weighted by molar-refractivity contribution is 5.98. The van der Waals surface area contributed by atoms with Crippen LogP contribution in [0.5, 0.6) is 0 Å². The molecule has 1 aliphatic carbocycles. The van der Waals surface area contributed by atoms with E-state index in [-0.39, 0.29) is 17.3 Å². The van der Waals surface area contributed by atoms with Gasteiger partial charge in [-0.3, -0.25) is 14.4 Å². The molecule has 4 N–H and O–H groups in total. The summed E-state index contributed by atoms with van der Waals surface area (Å²) in [6.45, 7) is 4.61. The monoisotopic (exact) mass is 499 g/mol. The Kier molecular flexibility index (Phi) is 6.72. The Bertz CT molecular complexity index is 1350. The van der Waals surface area contributed by atoms with Crippen molar-refractivity contribution in [2.45, 2.75) is 26.2 Å². The molecule has 5 rings (SSSR count). The molecule has 37 heavy (non-hydrogen) atoms. The minimum absolute atomic E-state index is 0.110. The molecule has 1 saturated heterocycles. The Hall–Kier alpha value is -4.47. The van der Waals surface area contributed by atoms with Gasteiger partial charge in [0.15, 0.2) is 0 Å². The number of rotatable bonds is 6. The van der Waals surface area contributed by atoms with Crippen LogP contribution in [-0.4, -0.2) is 58.6 Å². The van der Waals surface area contributed by atoms with Crippen LogP contribution in [0.2, 0.25) is 0 Å². The number of nitrogens with one attached hydrogen (secondary N) is 2. The number of benzene rings is 2. The molecule has 0 spiro atoms. The fourth-order valence-corrected chi connectivity index (χ4v) is 4.70. The van der Waals surface area contributed by atoms with Crippen molar-refractivity contribution in [1.82, 2.24) is 14.9 Å². The van der Waals surface area contributed by atoms with E-state index >= 15 is 0 Å². The van der Waals surface area contributed by atoms with E-state index in [0.717, 1.165) is 41.3 Å². The van der Waals surface area contributed by atoms with E-state index in [2.05, 4.69) is 25.5 Å². The molecule has 190 valence electrons. The molecule has 0 radical (unpaired) electrons. The Morgan fingerprint density at radius 1 is 0.919 bits per heavy atom. The number of Topliss-reactive ketones (excluding diaryl/α,β-unsaturated/α-hetero) is 1. The summed E-state index contributed by atoms with van der Waals surface area (Å²) in [6.07, 6.45) is 3.10. The normalized spacial score (nSPS) is 15.2. The van der Waals surface area contributed by atoms with Gasteiger partial charge in [0.25, 0.3) is 5.91 Å². The molecule has 0 bridgehead atoms. The number of nitrogens with two attached hydrogens (primary N) is 1. The number of piperazine rings is 1. The third kappa shape index (κ3) is 5.53. The van der Waals surface area contributed by atoms with Gasteiger partial charge in [0, 0.05) is 69.2 Å². The third-order valence-corrected chi connectivity index (χ3v) is 6.80. The second-order valence-corrected chi connectivity index (χ2v) is 9.31. The summed E-state index contributed by atoms with van der Waals surface area (Å²) in [4.78, 5) is 48.2. The number of hydrogen-bond donors (Lipinski definition) is 3. The van der Waals surface area contributed by atoms with Crippen LogP contribution in [0.3, 0.4) is 0 Å². The Balaban J connectivity index is 1.30. The van der Waals surface area contributed by atoms with Gasteiger partial charge in [0.1, 0.15) is 17.2 Å². The number of carbonyl (C=O) groups is 3. The molecule has 10 heteroatoms. The topological polar surface area (TPSA) is 134 Å². The van der Waals surface area contributed by atoms with Crippen molar-refractivity contribution in [3.05, 3.63) is 65.4 Å². The lowest BCUT2D eigenvalue weighted by Gasteiger charge is -2.35. The summed E-state index contributed by atoms with van der Waals surface area (Å²) >= 11 is 0. The lowest BCUT2D eigenvalue weighted by atomic mass is 9.90. The molecule has 2 aromatic carbocycles. The lowest BCUT2D eigenvalue weighted by molar-refractivity contribution is -0.129. The van der Waals surface area contributed by atoms with Gasteiger partial charge in [-0.2, -0.15) is 4.98 Å². The largest absolute Gasteiger partial charge is 0.368 e. The first-order chi connectivity index (χ1) is 17.9. The lowest BCUT2D eigenvalue weighted by Crippen LogP contribution is -2.48. The molecule has 10 nitrogen and oxygen atoms in total. The number of ketones is 1. The minimum atomic E-state index is -0.633. The summed E-state index contributed by atoms with van der Waals surface area (Å²) in [5.41, 5.74) is 10.5. The zero-order valence-electron chi connectivity index (χ0n) is 20.7. The van der Waals surface area contributed by atoms with Gasteiger partial charge in [-0.15, -0.1) is 0 Å². The van der Waals surface area contributed by atoms with E-state index in [0.29, 0.717) is 44.1 Å². The van der Waals surface area contributed by atoms with E-state index in [1.54, 1.807) is 6.92 Å². The van der Waals surface area contributed by atoms with Gasteiger partial charge < -0.3 is 26.2 Å². The number of anilines is 5. The number of primary amides is 1. The van der Waals surface area contributed by atoms with Crippen molar-refractivity contribution in [2.75, 3.05) is 41.7 Å². The van der Waals surface area contributed by atoms with Crippen LogP contribution >= 0.6 is 0 Å². The molecule has 3 aromatic rings. The fourth-order valence-electron chi connectivity index (χ4n) is 4.70. The highest BCUT2D eigenvalue weighted by atomic mass is 16.2. The van der Waals surface area contributed by atoms with Crippen LogP contribution < -0.4 is 21.3 Å². The van der Waals surface area contributed by atoms with Gasteiger partial charge in [-0.05, 0) is 53.9 Å². The highest BCUT2D eigenvalue weighted by Crippen LogP contribution is 2.27. The number of nitrogens with zero attached hydrogens (tertiary/aromatic N) is 4. The molecule has 1 fully saturated rings. The Morgan fingerprint density at radius 2 is 1.65 bits per heavy atom. The molecular weight excluding hydrogens is 470 g/mol. The maximum absolute atomic E-state index is 12.0. The van der Waals surface area contributed by atoms with Gasteiger partial charge in [-0.25, -0.2) is 4.98 Å². The van der Waals surface area contributed by atoms with Gasteiger partial charge in [-0.1, -0.05) is 6.07 Å². The second-order valence-electron chi connectivity index (χ2n) is 9.31. The number of aromatic nitrogens is 2. The maximum atomic E-state index is 12.0. The van der Waals surface area contributed by atoms with Crippen molar-refractivity contribution in [3.63, 3.8) is 0 Å². The zero-order chi connectivity index (χ0) is 25.9. The number of aryl methyl sites for hydroxylation is 1. The fraction of sp³-hybridized carbons (Fsp3) is 0.296. The summed E-state index contributed by atoms with van der Waals surface area (Å²) in [5.74, 6) is 0.348. The predicted octanol–water partition coefficient (Wildman–Crippen LogP) is 2.79. The average molecular weight is 500 g/mol. The van der Waals surface area contributed by atoms with Crippen LogP contribution in [0.25, 0.3) is 0 Å². The van der Waals surface area contributed by atoms with E-state index < -0.39 is 5.91 Å². The zero-order valence-corrected chi connectivity index (χ0v) is 20.7. The van der Waals surface area contributed by atoms with Crippen molar-refractivity contribution in [1.29, 1.82) is 0 Å². The summed E-state index contributed by atoms with van der Waals surface area (Å²) in [6, 6.07) is 13.7. The maximum Gasteiger partial charge on any atom is 0.254 e. The van der Waals surface area contributed by atoms with E-state index in [1.807, 2.05) is 47.4 Å². The van der Waals surface area contributed by atoms with Crippen LogP contribution in [-0.2, 0) is 22.4 Å². The molecule has 1 aromatic heterocycles. The first-order valence-corrected chi connectivity index (χ1v) is 12.3. The van der Waals surface area contributed by atoms with Crippen LogP contribution in [0.4, 0.5) is 28.8 Å². The average Bonchev–Trinajstić information content (AvgIpc) is 2.89. The van der Waals surface area contributed by atoms with Crippen molar-refractivity contribution >= 4 is 46.4 Å². The van der Waals surface area contributed by atoms with Crippen LogP contribution in [0.15, 0.2) is 48.7 Å². The van der Waals surface area contributed by atoms with Crippen LogP contribution in [0, 0.1) is 0 Å². The molecule has 0 unspecified atom stereocenters. The number of fused-ring (bicyclic) bond motifs is 1. The first-order valence-electron chi connectivity index (χ1n) is 12.3. The van der Waals surface area contributed by atoms with Gasteiger partial charge in [0.05, 0.1) is 0 Å². The van der Waals surface area contributed by atoms with Crippen molar-refractivity contribution in [3.8, 4) is 0 Å². The minimum Gasteiger partial charge on any atom is -0.368 e. The Morgan fingerprint density at radius 3 is 2.35 bits per heavy atom. The third-order valence-electron chi connectivity index (χ3n) is 6.80. The molecule has 2 amide bonds. The van der Waals surface area contributed by atoms with Crippen LogP contribution in [0.1, 0.15) is 34.8 Å². The summed E-state index contributed by atoms with van der Waals surface area (Å²) in [7, 11) is 0. The van der Waals surface area contributed by atoms with Crippen molar-refractivity contribution < 1.29 is 14.4 Å². The van der Waals surface area contributed by atoms with E-state index in [9.17, 15) is 14.4 Å². The predicted molar refractivity (Wildman–Crippen MR) is 141 cm³/mol. The SMILES string of the molecule is CC(=O)N1CCN(c2ccc(Nc3ncc(C(N)=O)c(Nc4ccc5c(c4)CCC(=O)C5)n3)cc2)CC1. The highest BCUT2D eigenvalue weighted by Gasteiger charge is 2.19. The second kappa shape index (κ2) is 10.3. The van der Waals surface area contributed by atoms with Gasteiger partial charge in [0.2, 0.25) is 11.9 Å². The van der Waals surface area contributed by atoms with Crippen molar-refractivity contribution in [2.24, 2.45) is 5.73 Å². The van der Waals surface area contributed by atoms with Gasteiger partial charge >= 0.3 is 0 Å². The summed E-state index contributed by atoms with van der Waals surface area (Å²) < 4.78 is 0. The smallest absolute Gasteiger partial charge is 0.254 e. The number of carbonyl (C=O) groups excluding carboxylic acids is 3.